The van der Waals surface area contributed by atoms with Gasteiger partial charge in [0.2, 0.25) is 0 Å². The fourth-order valence-corrected chi connectivity index (χ4v) is 8.97. The third kappa shape index (κ3) is 4.01. The number of benzene rings is 7. The Balaban J connectivity index is 1.33. The summed E-state index contributed by atoms with van der Waals surface area (Å²) in [5.74, 6) is 0.742. The maximum atomic E-state index is 10.2. The fourth-order valence-electron chi connectivity index (χ4n) is 7.75. The molecule has 11 rings (SSSR count). The zero-order valence-electron chi connectivity index (χ0n) is 27.2. The van der Waals surface area contributed by atoms with E-state index in [-0.39, 0.29) is 6.61 Å². The first-order valence-electron chi connectivity index (χ1n) is 16.8. The molecule has 0 saturated carbocycles. The van der Waals surface area contributed by atoms with Crippen molar-refractivity contribution in [1.29, 1.82) is 0 Å². The molecule has 7 heteroatoms. The highest BCUT2D eigenvalue weighted by atomic mass is 32.1. The van der Waals surface area contributed by atoms with Crippen molar-refractivity contribution in [3.63, 3.8) is 0 Å². The number of fused-ring (bicyclic) bond motifs is 13. The molecular formula is C44H26N2O4S. The molecule has 0 aliphatic carbocycles. The molecule has 0 amide bonds. The van der Waals surface area contributed by atoms with Gasteiger partial charge < -0.3 is 18.7 Å². The second-order valence-electron chi connectivity index (χ2n) is 12.9. The summed E-state index contributed by atoms with van der Waals surface area (Å²) in [6.45, 7) is -0.0723. The summed E-state index contributed by atoms with van der Waals surface area (Å²) in [7, 11) is 1.68. The van der Waals surface area contributed by atoms with Crippen LogP contribution in [0.2, 0.25) is 0 Å². The lowest BCUT2D eigenvalue weighted by molar-refractivity contribution is 0.282. The molecule has 0 aliphatic heterocycles. The molecule has 0 atom stereocenters. The Morgan fingerprint density at radius 3 is 1.63 bits per heavy atom. The Labute approximate surface area is 293 Å². The van der Waals surface area contributed by atoms with E-state index in [2.05, 4.69) is 60.7 Å². The Morgan fingerprint density at radius 1 is 0.529 bits per heavy atom. The van der Waals surface area contributed by atoms with Gasteiger partial charge in [0.05, 0.1) is 34.5 Å². The van der Waals surface area contributed by atoms with Gasteiger partial charge in [0, 0.05) is 43.4 Å². The predicted octanol–water partition coefficient (Wildman–Crippen LogP) is 11.8. The number of thiophene rings is 1. The molecule has 242 valence electrons. The van der Waals surface area contributed by atoms with Crippen LogP contribution < -0.4 is 4.74 Å². The molecule has 4 aromatic heterocycles. The van der Waals surface area contributed by atoms with Crippen molar-refractivity contribution in [3.8, 4) is 26.6 Å². The van der Waals surface area contributed by atoms with Crippen LogP contribution in [0.5, 0.6) is 5.75 Å². The van der Waals surface area contributed by atoms with Crippen molar-refractivity contribution in [1.82, 2.24) is 9.97 Å². The van der Waals surface area contributed by atoms with Gasteiger partial charge in [-0.2, -0.15) is 0 Å². The van der Waals surface area contributed by atoms with Crippen LogP contribution in [0.15, 0.2) is 130 Å². The molecule has 0 radical (unpaired) electrons. The topological polar surface area (TPSA) is 81.5 Å². The standard InChI is InChI=1S/C44H26N2O4S/c1-48-24-17-19-26-25-18-16-23(22-47)20-33(25)37-38(34(26)21-24)46-40-39(45-37)43(31-12-6-10-29-27-8-2-4-14-35(27)49-41(29)31)51-44(40)32-13-7-11-30-28-9-3-5-15-36(28)50-42(30)32/h2-21,47H,22H2,1H3. The lowest BCUT2D eigenvalue weighted by Gasteiger charge is -2.12. The Hall–Kier alpha value is -6.28. The molecule has 51 heavy (non-hydrogen) atoms. The van der Waals surface area contributed by atoms with Gasteiger partial charge in [-0.25, -0.2) is 9.97 Å². The molecule has 0 unspecified atom stereocenters. The summed E-state index contributed by atoms with van der Waals surface area (Å²) in [6, 6.07) is 41.1. The number of hydrogen-bond donors (Lipinski definition) is 1. The maximum absolute atomic E-state index is 10.2. The summed E-state index contributed by atoms with van der Waals surface area (Å²) in [6.07, 6.45) is 0. The molecule has 0 spiro atoms. The number of aliphatic hydroxyl groups is 1. The minimum Gasteiger partial charge on any atom is -0.497 e. The highest BCUT2D eigenvalue weighted by molar-refractivity contribution is 7.21. The van der Waals surface area contributed by atoms with Gasteiger partial charge in [0.1, 0.15) is 39.1 Å². The second kappa shape index (κ2) is 10.6. The van der Waals surface area contributed by atoms with Gasteiger partial charge in [-0.3, -0.25) is 0 Å². The van der Waals surface area contributed by atoms with E-state index in [1.807, 2.05) is 60.7 Å². The average Bonchev–Trinajstić information content (AvgIpc) is 3.88. The van der Waals surface area contributed by atoms with Crippen molar-refractivity contribution in [2.45, 2.75) is 6.61 Å². The smallest absolute Gasteiger partial charge is 0.144 e. The maximum Gasteiger partial charge on any atom is 0.144 e. The number of aromatic nitrogens is 2. The summed E-state index contributed by atoms with van der Waals surface area (Å²) in [5.41, 5.74) is 9.13. The minimum absolute atomic E-state index is 0.0723. The van der Waals surface area contributed by atoms with E-state index in [1.165, 1.54) is 0 Å². The number of para-hydroxylation sites is 4. The van der Waals surface area contributed by atoms with Gasteiger partial charge >= 0.3 is 0 Å². The predicted molar refractivity (Wildman–Crippen MR) is 208 cm³/mol. The SMILES string of the molecule is COc1ccc2c3ccc(CO)cc3c3nc4c(-c5cccc6c5oc5ccccc56)sc(-c5cccc6c5oc5ccccc56)c4nc3c2c1. The summed E-state index contributed by atoms with van der Waals surface area (Å²) >= 11 is 1.66. The van der Waals surface area contributed by atoms with Crippen LogP contribution in [0.25, 0.3) is 108 Å². The van der Waals surface area contributed by atoms with Gasteiger partial charge in [-0.1, -0.05) is 72.8 Å². The summed E-state index contributed by atoms with van der Waals surface area (Å²) < 4.78 is 18.9. The van der Waals surface area contributed by atoms with Crippen LogP contribution >= 0.6 is 11.3 Å². The molecule has 0 bridgehead atoms. The molecule has 6 nitrogen and oxygen atoms in total. The zero-order valence-corrected chi connectivity index (χ0v) is 28.0. The van der Waals surface area contributed by atoms with E-state index < -0.39 is 0 Å². The van der Waals surface area contributed by atoms with E-state index in [0.717, 1.165) is 120 Å². The number of hydrogen-bond acceptors (Lipinski definition) is 7. The monoisotopic (exact) mass is 678 g/mol. The number of methoxy groups -OCH3 is 1. The molecule has 1 N–H and O–H groups in total. The van der Waals surface area contributed by atoms with E-state index in [4.69, 9.17) is 23.5 Å². The van der Waals surface area contributed by atoms with E-state index in [1.54, 1.807) is 18.4 Å². The average molecular weight is 679 g/mol. The lowest BCUT2D eigenvalue weighted by Crippen LogP contribution is -1.93. The molecule has 4 heterocycles. The third-order valence-electron chi connectivity index (χ3n) is 10.1. The van der Waals surface area contributed by atoms with E-state index in [0.29, 0.717) is 0 Å². The van der Waals surface area contributed by atoms with Crippen molar-refractivity contribution in [3.05, 3.63) is 127 Å². The molecule has 0 saturated heterocycles. The van der Waals surface area contributed by atoms with Crippen LogP contribution in [0.3, 0.4) is 0 Å². The van der Waals surface area contributed by atoms with Gasteiger partial charge in [0.15, 0.2) is 0 Å². The second-order valence-corrected chi connectivity index (χ2v) is 13.9. The first-order chi connectivity index (χ1) is 25.2. The highest BCUT2D eigenvalue weighted by Crippen LogP contribution is 2.49. The Morgan fingerprint density at radius 2 is 1.06 bits per heavy atom. The number of aliphatic hydroxyl groups excluding tert-OH is 1. The molecular weight excluding hydrogens is 653 g/mol. The molecule has 11 aromatic rings. The molecule has 7 aromatic carbocycles. The quantitative estimate of drug-likeness (QED) is 0.187. The third-order valence-corrected chi connectivity index (χ3v) is 11.4. The Bertz CT molecular complexity index is 3030. The van der Waals surface area contributed by atoms with Crippen molar-refractivity contribution < 1.29 is 18.7 Å². The normalized spacial score (nSPS) is 12.2. The first kappa shape index (κ1) is 28.5. The van der Waals surface area contributed by atoms with Crippen LogP contribution in [-0.2, 0) is 6.61 Å². The van der Waals surface area contributed by atoms with Crippen molar-refractivity contribution in [2.75, 3.05) is 7.11 Å². The number of rotatable bonds is 4. The summed E-state index contributed by atoms with van der Waals surface area (Å²) in [5, 5.41) is 18.4. The van der Waals surface area contributed by atoms with Gasteiger partial charge in [-0.15, -0.1) is 11.3 Å². The van der Waals surface area contributed by atoms with E-state index in [9.17, 15) is 5.11 Å². The molecule has 0 fully saturated rings. The van der Waals surface area contributed by atoms with Crippen LogP contribution in [0.4, 0.5) is 0 Å². The largest absolute Gasteiger partial charge is 0.497 e. The summed E-state index contributed by atoms with van der Waals surface area (Å²) in [4.78, 5) is 13.0. The van der Waals surface area contributed by atoms with Crippen molar-refractivity contribution in [2.24, 2.45) is 0 Å². The van der Waals surface area contributed by atoms with Crippen molar-refractivity contribution >= 4 is 98.8 Å². The molecule has 0 aliphatic rings. The lowest BCUT2D eigenvalue weighted by atomic mass is 9.97. The Kier molecular flexibility index (Phi) is 5.94. The van der Waals surface area contributed by atoms with Crippen LogP contribution in [-0.4, -0.2) is 22.2 Å². The number of ether oxygens (including phenoxy) is 1. The number of nitrogens with zero attached hydrogens (tertiary/aromatic N) is 2. The first-order valence-corrected chi connectivity index (χ1v) is 17.6. The van der Waals surface area contributed by atoms with E-state index >= 15 is 0 Å². The van der Waals surface area contributed by atoms with Crippen LogP contribution in [0, 0.1) is 0 Å². The zero-order chi connectivity index (χ0) is 33.8. The van der Waals surface area contributed by atoms with Gasteiger partial charge in [0.25, 0.3) is 0 Å². The highest BCUT2D eigenvalue weighted by Gasteiger charge is 2.25. The number of furan rings is 2. The van der Waals surface area contributed by atoms with Crippen LogP contribution in [0.1, 0.15) is 5.56 Å². The van der Waals surface area contributed by atoms with Gasteiger partial charge in [-0.05, 0) is 64.9 Å². The fraction of sp³-hybridized carbons (Fsp3) is 0.0455. The minimum atomic E-state index is -0.0723.